The van der Waals surface area contributed by atoms with Crippen LogP contribution >= 0.6 is 0 Å². The molecule has 0 heterocycles. The van der Waals surface area contributed by atoms with E-state index in [0.29, 0.717) is 17.9 Å². The van der Waals surface area contributed by atoms with E-state index in [1.165, 1.54) is 0 Å². The minimum absolute atomic E-state index is 0.418. The van der Waals surface area contributed by atoms with E-state index in [1.807, 2.05) is 19.1 Å². The molecule has 0 aliphatic rings. The quantitative estimate of drug-likeness (QED) is 0.795. The highest BCUT2D eigenvalue weighted by molar-refractivity contribution is 5.40. The van der Waals surface area contributed by atoms with Gasteiger partial charge in [-0.3, -0.25) is 0 Å². The molecule has 0 aromatic heterocycles. The molecule has 1 aromatic rings. The van der Waals surface area contributed by atoms with Gasteiger partial charge in [-0.25, -0.2) is 0 Å². The van der Waals surface area contributed by atoms with Crippen molar-refractivity contribution in [3.05, 3.63) is 23.8 Å². The van der Waals surface area contributed by atoms with Gasteiger partial charge in [0.05, 0.1) is 26.4 Å². The van der Waals surface area contributed by atoms with Crippen LogP contribution in [0.15, 0.2) is 18.2 Å². The van der Waals surface area contributed by atoms with E-state index in [-0.39, 0.29) is 0 Å². The third-order valence-corrected chi connectivity index (χ3v) is 2.76. The smallest absolute Gasteiger partial charge is 0.122 e. The average Bonchev–Trinajstić information content (AvgIpc) is 2.37. The van der Waals surface area contributed by atoms with Gasteiger partial charge in [0.15, 0.2) is 0 Å². The van der Waals surface area contributed by atoms with Gasteiger partial charge in [-0.05, 0) is 24.1 Å². The molecular formula is C13H21NO3. The van der Waals surface area contributed by atoms with Crippen molar-refractivity contribution in [2.24, 2.45) is 5.73 Å². The summed E-state index contributed by atoms with van der Waals surface area (Å²) in [6, 6.07) is 5.01. The van der Waals surface area contributed by atoms with Crippen LogP contribution in [0.3, 0.4) is 0 Å². The summed E-state index contributed by atoms with van der Waals surface area (Å²) in [6.45, 7) is 2.02. The molecule has 0 unspecified atom stereocenters. The lowest BCUT2D eigenvalue weighted by Crippen LogP contribution is -2.26. The fourth-order valence-electron chi connectivity index (χ4n) is 1.72. The van der Waals surface area contributed by atoms with Crippen molar-refractivity contribution in [2.75, 3.05) is 14.2 Å². The molecule has 0 spiro atoms. The maximum Gasteiger partial charge on any atom is 0.122 e. The highest BCUT2D eigenvalue weighted by Crippen LogP contribution is 2.27. The largest absolute Gasteiger partial charge is 0.497 e. The molecule has 1 aromatic carbocycles. The first-order valence-electron chi connectivity index (χ1n) is 5.79. The molecule has 0 aliphatic heterocycles. The zero-order valence-electron chi connectivity index (χ0n) is 10.6. The molecule has 0 amide bonds. The van der Waals surface area contributed by atoms with Crippen LogP contribution in [-0.4, -0.2) is 25.4 Å². The van der Waals surface area contributed by atoms with Crippen LogP contribution in [-0.2, 0) is 0 Å². The Bertz CT molecular complexity index is 332. The molecule has 2 atom stereocenters. The Balaban J connectivity index is 2.95. The van der Waals surface area contributed by atoms with E-state index in [9.17, 15) is 5.11 Å². The van der Waals surface area contributed by atoms with E-state index in [1.54, 1.807) is 20.3 Å². The number of hydrogen-bond donors (Lipinski definition) is 2. The first kappa shape index (κ1) is 13.8. The summed E-state index contributed by atoms with van der Waals surface area (Å²) in [7, 11) is 3.18. The molecule has 0 saturated carbocycles. The van der Waals surface area contributed by atoms with Crippen molar-refractivity contribution >= 4 is 0 Å². The van der Waals surface area contributed by atoms with Crippen LogP contribution in [0.5, 0.6) is 11.5 Å². The van der Waals surface area contributed by atoms with Gasteiger partial charge in [-0.1, -0.05) is 13.3 Å². The van der Waals surface area contributed by atoms with Gasteiger partial charge >= 0.3 is 0 Å². The van der Waals surface area contributed by atoms with Crippen LogP contribution in [0.1, 0.15) is 31.4 Å². The molecule has 3 N–H and O–H groups in total. The number of aliphatic hydroxyl groups excluding tert-OH is 1. The molecule has 17 heavy (non-hydrogen) atoms. The maximum atomic E-state index is 9.89. The molecule has 0 bridgehead atoms. The maximum absolute atomic E-state index is 9.89. The second-order valence-electron chi connectivity index (χ2n) is 4.03. The minimum Gasteiger partial charge on any atom is -0.497 e. The highest BCUT2D eigenvalue weighted by atomic mass is 16.5. The number of benzene rings is 1. The lowest BCUT2D eigenvalue weighted by atomic mass is 9.99. The highest BCUT2D eigenvalue weighted by Gasteiger charge is 2.17. The number of ether oxygens (including phenoxy) is 2. The Labute approximate surface area is 102 Å². The number of aliphatic hydroxyl groups is 1. The van der Waals surface area contributed by atoms with Gasteiger partial charge in [-0.2, -0.15) is 0 Å². The van der Waals surface area contributed by atoms with Gasteiger partial charge in [0.1, 0.15) is 11.5 Å². The van der Waals surface area contributed by atoms with E-state index in [4.69, 9.17) is 15.2 Å². The summed E-state index contributed by atoms with van der Waals surface area (Å²) < 4.78 is 10.3. The van der Waals surface area contributed by atoms with E-state index < -0.39 is 12.1 Å². The van der Waals surface area contributed by atoms with Crippen molar-refractivity contribution in [3.63, 3.8) is 0 Å². The van der Waals surface area contributed by atoms with E-state index in [2.05, 4.69) is 0 Å². The normalized spacial score (nSPS) is 14.2. The topological polar surface area (TPSA) is 64.7 Å². The Kier molecular flexibility index (Phi) is 5.25. The van der Waals surface area contributed by atoms with Crippen LogP contribution in [0.25, 0.3) is 0 Å². The summed E-state index contributed by atoms with van der Waals surface area (Å²) in [5, 5.41) is 9.89. The van der Waals surface area contributed by atoms with Crippen molar-refractivity contribution in [3.8, 4) is 11.5 Å². The summed E-state index contributed by atoms with van der Waals surface area (Å²) in [4.78, 5) is 0. The standard InChI is InChI=1S/C13H21NO3/c1-4-5-12(15)13(14)9-6-10(16-2)8-11(7-9)17-3/h6-8,12-13,15H,4-5,14H2,1-3H3/t12-,13+/m1/s1. The molecule has 1 rings (SSSR count). The molecule has 0 aliphatic carbocycles. The Morgan fingerprint density at radius 3 is 2.12 bits per heavy atom. The van der Waals surface area contributed by atoms with Gasteiger partial charge in [0.25, 0.3) is 0 Å². The van der Waals surface area contributed by atoms with Gasteiger partial charge in [-0.15, -0.1) is 0 Å². The van der Waals surface area contributed by atoms with Crippen LogP contribution in [0.2, 0.25) is 0 Å². The molecule has 0 saturated heterocycles. The minimum atomic E-state index is -0.545. The fourth-order valence-corrected chi connectivity index (χ4v) is 1.72. The van der Waals surface area contributed by atoms with Crippen molar-refractivity contribution in [2.45, 2.75) is 31.9 Å². The third kappa shape index (κ3) is 3.61. The SMILES string of the molecule is CCC[C@@H](O)[C@@H](N)c1cc(OC)cc(OC)c1. The predicted octanol–water partition coefficient (Wildman–Crippen LogP) is 1.86. The van der Waals surface area contributed by atoms with E-state index in [0.717, 1.165) is 12.0 Å². The molecule has 4 heteroatoms. The van der Waals surface area contributed by atoms with Crippen LogP contribution in [0.4, 0.5) is 0 Å². The summed E-state index contributed by atoms with van der Waals surface area (Å²) in [5.41, 5.74) is 6.83. The molecule has 0 radical (unpaired) electrons. The number of nitrogens with two attached hydrogens (primary N) is 1. The zero-order chi connectivity index (χ0) is 12.8. The van der Waals surface area contributed by atoms with Crippen LogP contribution < -0.4 is 15.2 Å². The Hall–Kier alpha value is -1.26. The second-order valence-corrected chi connectivity index (χ2v) is 4.03. The Morgan fingerprint density at radius 2 is 1.71 bits per heavy atom. The lowest BCUT2D eigenvalue weighted by molar-refractivity contribution is 0.134. The first-order chi connectivity index (χ1) is 8.12. The average molecular weight is 239 g/mol. The fraction of sp³-hybridized carbons (Fsp3) is 0.538. The second kappa shape index (κ2) is 6.47. The molecule has 0 fully saturated rings. The van der Waals surface area contributed by atoms with Gasteiger partial charge < -0.3 is 20.3 Å². The van der Waals surface area contributed by atoms with Crippen molar-refractivity contribution < 1.29 is 14.6 Å². The number of hydrogen-bond acceptors (Lipinski definition) is 4. The monoisotopic (exact) mass is 239 g/mol. The summed E-state index contributed by atoms with van der Waals surface area (Å²) in [6.07, 6.45) is 1.04. The lowest BCUT2D eigenvalue weighted by Gasteiger charge is -2.19. The first-order valence-corrected chi connectivity index (χ1v) is 5.79. The van der Waals surface area contributed by atoms with Gasteiger partial charge in [0.2, 0.25) is 0 Å². The van der Waals surface area contributed by atoms with Gasteiger partial charge in [0, 0.05) is 6.07 Å². The van der Waals surface area contributed by atoms with Crippen LogP contribution in [0, 0.1) is 0 Å². The van der Waals surface area contributed by atoms with Crippen molar-refractivity contribution in [1.82, 2.24) is 0 Å². The summed E-state index contributed by atoms with van der Waals surface area (Å²) >= 11 is 0. The molecular weight excluding hydrogens is 218 g/mol. The zero-order valence-corrected chi connectivity index (χ0v) is 10.6. The number of rotatable bonds is 6. The molecule has 96 valence electrons. The predicted molar refractivity (Wildman–Crippen MR) is 67.4 cm³/mol. The van der Waals surface area contributed by atoms with E-state index >= 15 is 0 Å². The van der Waals surface area contributed by atoms with Crippen molar-refractivity contribution in [1.29, 1.82) is 0 Å². The molecule has 4 nitrogen and oxygen atoms in total. The number of methoxy groups -OCH3 is 2. The third-order valence-electron chi connectivity index (χ3n) is 2.76. The Morgan fingerprint density at radius 1 is 1.18 bits per heavy atom. The summed E-state index contributed by atoms with van der Waals surface area (Å²) in [5.74, 6) is 1.36.